The van der Waals surface area contributed by atoms with Crippen molar-refractivity contribution in [3.8, 4) is 0 Å². The summed E-state index contributed by atoms with van der Waals surface area (Å²) >= 11 is 0. The summed E-state index contributed by atoms with van der Waals surface area (Å²) in [6.07, 6.45) is 0.787. The minimum atomic E-state index is -0.811. The van der Waals surface area contributed by atoms with Gasteiger partial charge in [-0.25, -0.2) is 0 Å². The fourth-order valence-corrected chi connectivity index (χ4v) is 2.80. The Morgan fingerprint density at radius 3 is 2.73 bits per heavy atom. The second-order valence-corrected chi connectivity index (χ2v) is 5.24. The van der Waals surface area contributed by atoms with Crippen LogP contribution in [0.15, 0.2) is 0 Å². The van der Waals surface area contributed by atoms with E-state index in [1.54, 1.807) is 0 Å². The van der Waals surface area contributed by atoms with E-state index in [0.29, 0.717) is 13.1 Å². The van der Waals surface area contributed by atoms with Crippen LogP contribution in [0.1, 0.15) is 20.3 Å². The summed E-state index contributed by atoms with van der Waals surface area (Å²) in [7, 11) is 2.00. The summed E-state index contributed by atoms with van der Waals surface area (Å²) in [6.45, 7) is 6.03. The highest BCUT2D eigenvalue weighted by Gasteiger charge is 2.53. The normalized spacial score (nSPS) is 37.5. The molecule has 86 valence electrons. The van der Waals surface area contributed by atoms with Crippen LogP contribution in [0.25, 0.3) is 0 Å². The maximum absolute atomic E-state index is 12.0. The monoisotopic (exact) mass is 212 g/mol. The Balaban J connectivity index is 2.21. The summed E-state index contributed by atoms with van der Waals surface area (Å²) in [5, 5.41) is 10.5. The molecule has 2 fully saturated rings. The number of amides is 1. The van der Waals surface area contributed by atoms with E-state index in [2.05, 4.69) is 4.90 Å². The van der Waals surface area contributed by atoms with Gasteiger partial charge in [0.25, 0.3) is 0 Å². The van der Waals surface area contributed by atoms with Crippen molar-refractivity contribution in [1.82, 2.24) is 9.80 Å². The molecule has 2 aliphatic rings. The number of fused-ring (bicyclic) bond motifs is 1. The molecular weight excluding hydrogens is 192 g/mol. The van der Waals surface area contributed by atoms with E-state index in [0.717, 1.165) is 13.0 Å². The minimum Gasteiger partial charge on any atom is -0.386 e. The van der Waals surface area contributed by atoms with Crippen LogP contribution in [0.2, 0.25) is 0 Å². The highest BCUT2D eigenvalue weighted by Crippen LogP contribution is 2.36. The third-order valence-electron chi connectivity index (χ3n) is 3.64. The molecule has 15 heavy (non-hydrogen) atoms. The molecule has 2 aliphatic heterocycles. The SMILES string of the molecule is CC(C)N1C[C@]2(O)CN(C)CC[C@@H]2C1=O. The van der Waals surface area contributed by atoms with Crippen molar-refractivity contribution < 1.29 is 9.90 Å². The molecule has 0 aromatic heterocycles. The number of likely N-dealkylation sites (tertiary alicyclic amines) is 2. The van der Waals surface area contributed by atoms with Gasteiger partial charge in [-0.2, -0.15) is 0 Å². The number of rotatable bonds is 1. The van der Waals surface area contributed by atoms with Crippen molar-refractivity contribution in [3.05, 3.63) is 0 Å². The van der Waals surface area contributed by atoms with Crippen LogP contribution < -0.4 is 0 Å². The van der Waals surface area contributed by atoms with E-state index in [1.807, 2.05) is 25.8 Å². The first-order valence-corrected chi connectivity index (χ1v) is 5.65. The van der Waals surface area contributed by atoms with Gasteiger partial charge in [0.2, 0.25) is 5.91 Å². The van der Waals surface area contributed by atoms with Gasteiger partial charge in [-0.3, -0.25) is 4.79 Å². The van der Waals surface area contributed by atoms with E-state index < -0.39 is 5.60 Å². The molecule has 4 nitrogen and oxygen atoms in total. The molecule has 0 spiro atoms. The Labute approximate surface area is 90.9 Å². The maximum atomic E-state index is 12.0. The van der Waals surface area contributed by atoms with Gasteiger partial charge < -0.3 is 14.9 Å². The van der Waals surface area contributed by atoms with Crippen LogP contribution >= 0.6 is 0 Å². The standard InChI is InChI=1S/C11H20N2O2/c1-8(2)13-7-11(15)6-12(3)5-4-9(11)10(13)14/h8-9,15H,4-7H2,1-3H3/t9-,11-/m1/s1. The van der Waals surface area contributed by atoms with E-state index in [-0.39, 0.29) is 17.9 Å². The predicted molar refractivity (Wildman–Crippen MR) is 57.4 cm³/mol. The van der Waals surface area contributed by atoms with Crippen molar-refractivity contribution in [2.75, 3.05) is 26.7 Å². The smallest absolute Gasteiger partial charge is 0.229 e. The molecule has 0 aromatic carbocycles. The molecule has 0 radical (unpaired) electrons. The lowest BCUT2D eigenvalue weighted by molar-refractivity contribution is -0.135. The Morgan fingerprint density at radius 2 is 2.13 bits per heavy atom. The van der Waals surface area contributed by atoms with Gasteiger partial charge in [0.05, 0.1) is 12.5 Å². The molecular formula is C11H20N2O2. The van der Waals surface area contributed by atoms with Gasteiger partial charge in [0.1, 0.15) is 5.60 Å². The molecule has 2 rings (SSSR count). The molecule has 1 amide bonds. The molecule has 1 N–H and O–H groups in total. The average molecular weight is 212 g/mol. The van der Waals surface area contributed by atoms with E-state index in [1.165, 1.54) is 0 Å². The van der Waals surface area contributed by atoms with Gasteiger partial charge in [-0.1, -0.05) is 0 Å². The summed E-state index contributed by atoms with van der Waals surface area (Å²) in [5.74, 6) is -0.0308. The summed E-state index contributed by atoms with van der Waals surface area (Å²) in [6, 6.07) is 0.192. The zero-order valence-electron chi connectivity index (χ0n) is 9.73. The first kappa shape index (κ1) is 10.9. The molecule has 0 saturated carbocycles. The number of carbonyl (C=O) groups excluding carboxylic acids is 1. The Kier molecular flexibility index (Phi) is 2.51. The first-order valence-electron chi connectivity index (χ1n) is 5.65. The number of hydrogen-bond acceptors (Lipinski definition) is 3. The number of carbonyl (C=O) groups is 1. The van der Waals surface area contributed by atoms with Crippen LogP contribution in [0.5, 0.6) is 0 Å². The Morgan fingerprint density at radius 1 is 1.47 bits per heavy atom. The zero-order valence-corrected chi connectivity index (χ0v) is 9.73. The predicted octanol–water partition coefficient (Wildman–Crippen LogP) is -0.0802. The highest BCUT2D eigenvalue weighted by atomic mass is 16.3. The molecule has 2 heterocycles. The molecule has 2 atom stereocenters. The number of hydrogen-bond donors (Lipinski definition) is 1. The van der Waals surface area contributed by atoms with Gasteiger partial charge in [-0.15, -0.1) is 0 Å². The van der Waals surface area contributed by atoms with Gasteiger partial charge in [-0.05, 0) is 33.9 Å². The fraction of sp³-hybridized carbons (Fsp3) is 0.909. The molecule has 2 saturated heterocycles. The van der Waals surface area contributed by atoms with Gasteiger partial charge in [0, 0.05) is 12.6 Å². The van der Waals surface area contributed by atoms with Crippen LogP contribution in [-0.4, -0.2) is 59.1 Å². The van der Waals surface area contributed by atoms with E-state index in [9.17, 15) is 9.90 Å². The van der Waals surface area contributed by atoms with Crippen LogP contribution in [0.4, 0.5) is 0 Å². The lowest BCUT2D eigenvalue weighted by Crippen LogP contribution is -2.53. The third kappa shape index (κ3) is 1.66. The van der Waals surface area contributed by atoms with E-state index >= 15 is 0 Å². The van der Waals surface area contributed by atoms with Gasteiger partial charge >= 0.3 is 0 Å². The molecule has 0 aromatic rings. The second kappa shape index (κ2) is 3.46. The zero-order chi connectivity index (χ0) is 11.2. The molecule has 0 aliphatic carbocycles. The number of β-amino-alcohol motifs (C(OH)–C–C–N with tert-alkyl or cyclic N) is 1. The number of likely N-dealkylation sites (N-methyl/N-ethyl adjacent to an activating group) is 1. The fourth-order valence-electron chi connectivity index (χ4n) is 2.80. The Hall–Kier alpha value is -0.610. The number of aliphatic hydroxyl groups is 1. The summed E-state index contributed by atoms with van der Waals surface area (Å²) < 4.78 is 0. The van der Waals surface area contributed by atoms with Crippen LogP contribution in [0, 0.1) is 5.92 Å². The topological polar surface area (TPSA) is 43.8 Å². The number of piperidine rings is 1. The summed E-state index contributed by atoms with van der Waals surface area (Å²) in [4.78, 5) is 16.0. The lowest BCUT2D eigenvalue weighted by Gasteiger charge is -2.37. The van der Waals surface area contributed by atoms with E-state index in [4.69, 9.17) is 0 Å². The van der Waals surface area contributed by atoms with Crippen molar-refractivity contribution in [2.45, 2.75) is 31.9 Å². The van der Waals surface area contributed by atoms with Crippen molar-refractivity contribution >= 4 is 5.91 Å². The van der Waals surface area contributed by atoms with Crippen LogP contribution in [0.3, 0.4) is 0 Å². The first-order chi connectivity index (χ1) is 6.94. The maximum Gasteiger partial charge on any atom is 0.229 e. The third-order valence-corrected chi connectivity index (χ3v) is 3.64. The van der Waals surface area contributed by atoms with Crippen molar-refractivity contribution in [3.63, 3.8) is 0 Å². The second-order valence-electron chi connectivity index (χ2n) is 5.24. The summed E-state index contributed by atoms with van der Waals surface area (Å²) in [5.41, 5.74) is -0.811. The molecule has 0 unspecified atom stereocenters. The quantitative estimate of drug-likeness (QED) is 0.661. The Bertz CT molecular complexity index is 280. The van der Waals surface area contributed by atoms with Crippen LogP contribution in [-0.2, 0) is 4.79 Å². The van der Waals surface area contributed by atoms with Crippen molar-refractivity contribution in [2.24, 2.45) is 5.92 Å². The average Bonchev–Trinajstić information content (AvgIpc) is 2.37. The van der Waals surface area contributed by atoms with Crippen molar-refractivity contribution in [1.29, 1.82) is 0 Å². The highest BCUT2D eigenvalue weighted by molar-refractivity contribution is 5.83. The molecule has 0 bridgehead atoms. The lowest BCUT2D eigenvalue weighted by atomic mass is 9.84. The minimum absolute atomic E-state index is 0.139. The number of nitrogens with zero attached hydrogens (tertiary/aromatic N) is 2. The largest absolute Gasteiger partial charge is 0.386 e. The molecule has 4 heteroatoms. The van der Waals surface area contributed by atoms with Gasteiger partial charge in [0.15, 0.2) is 0 Å².